The van der Waals surface area contributed by atoms with Crippen LogP contribution in [0, 0.1) is 0 Å². The van der Waals surface area contributed by atoms with Gasteiger partial charge in [-0.3, -0.25) is 10.1 Å². The van der Waals surface area contributed by atoms with Crippen molar-refractivity contribution in [3.05, 3.63) is 46.6 Å². The van der Waals surface area contributed by atoms with Gasteiger partial charge in [0.2, 0.25) is 11.9 Å². The summed E-state index contributed by atoms with van der Waals surface area (Å²) in [5.74, 6) is 0.336. The van der Waals surface area contributed by atoms with E-state index < -0.39 is 0 Å². The zero-order chi connectivity index (χ0) is 13.8. The van der Waals surface area contributed by atoms with Crippen LogP contribution < -0.4 is 11.1 Å². The van der Waals surface area contributed by atoms with Gasteiger partial charge in [-0.05, 0) is 17.7 Å². The summed E-state index contributed by atoms with van der Waals surface area (Å²) < 4.78 is 0. The lowest BCUT2D eigenvalue weighted by Crippen LogP contribution is -2.11. The molecule has 0 aliphatic rings. The van der Waals surface area contributed by atoms with Crippen molar-refractivity contribution in [1.82, 2.24) is 9.97 Å². The summed E-state index contributed by atoms with van der Waals surface area (Å²) in [4.78, 5) is 19.0. The second-order valence-electron chi connectivity index (χ2n) is 4.09. The highest BCUT2D eigenvalue weighted by Crippen LogP contribution is 2.17. The number of rotatable bonds is 3. The summed E-state index contributed by atoms with van der Waals surface area (Å²) in [6.45, 7) is 1.39. The van der Waals surface area contributed by atoms with Crippen molar-refractivity contribution < 1.29 is 4.79 Å². The third kappa shape index (κ3) is 3.66. The Labute approximate surface area is 115 Å². The van der Waals surface area contributed by atoms with E-state index in [0.717, 1.165) is 11.1 Å². The van der Waals surface area contributed by atoms with Crippen molar-refractivity contribution in [2.24, 2.45) is 0 Å². The molecule has 0 aliphatic heterocycles. The lowest BCUT2D eigenvalue weighted by molar-refractivity contribution is -0.114. The first-order chi connectivity index (χ1) is 9.04. The smallest absolute Gasteiger partial charge is 0.231 e. The molecule has 0 radical (unpaired) electrons. The van der Waals surface area contributed by atoms with Crippen LogP contribution in [0.15, 0.2) is 30.5 Å². The fraction of sp³-hybridized carbons (Fsp3) is 0.154. The van der Waals surface area contributed by atoms with Crippen molar-refractivity contribution in [3.8, 4) is 0 Å². The topological polar surface area (TPSA) is 80.9 Å². The lowest BCUT2D eigenvalue weighted by Gasteiger charge is -2.07. The Hall–Kier alpha value is -2.14. The zero-order valence-electron chi connectivity index (χ0n) is 10.4. The molecular weight excluding hydrogens is 264 g/mol. The molecule has 0 unspecified atom stereocenters. The second kappa shape index (κ2) is 5.67. The first-order valence-corrected chi connectivity index (χ1v) is 6.06. The van der Waals surface area contributed by atoms with E-state index in [0.29, 0.717) is 17.3 Å². The SMILES string of the molecule is CC(=O)Nc1ncc(Cc2ccc(Cl)cc2)c(N)n1. The number of nitrogens with one attached hydrogen (secondary N) is 1. The van der Waals surface area contributed by atoms with Gasteiger partial charge < -0.3 is 5.73 Å². The third-order valence-electron chi connectivity index (χ3n) is 2.49. The number of amides is 1. The summed E-state index contributed by atoms with van der Waals surface area (Å²) in [7, 11) is 0. The summed E-state index contributed by atoms with van der Waals surface area (Å²) >= 11 is 5.83. The van der Waals surface area contributed by atoms with Gasteiger partial charge in [-0.15, -0.1) is 0 Å². The van der Waals surface area contributed by atoms with Crippen LogP contribution >= 0.6 is 11.6 Å². The second-order valence-corrected chi connectivity index (χ2v) is 4.52. The van der Waals surface area contributed by atoms with Gasteiger partial charge in [0, 0.05) is 30.1 Å². The quantitative estimate of drug-likeness (QED) is 0.901. The van der Waals surface area contributed by atoms with E-state index in [4.69, 9.17) is 17.3 Å². The molecule has 0 atom stereocenters. The Morgan fingerprint density at radius 3 is 2.63 bits per heavy atom. The Morgan fingerprint density at radius 1 is 1.37 bits per heavy atom. The molecule has 0 spiro atoms. The number of carbonyl (C=O) groups is 1. The first kappa shape index (κ1) is 13.3. The van der Waals surface area contributed by atoms with Crippen molar-refractivity contribution in [2.45, 2.75) is 13.3 Å². The summed E-state index contributed by atoms with van der Waals surface area (Å²) in [5, 5.41) is 3.17. The minimum Gasteiger partial charge on any atom is -0.383 e. The van der Waals surface area contributed by atoms with Crippen LogP contribution in [0.25, 0.3) is 0 Å². The maximum atomic E-state index is 10.9. The average molecular weight is 277 g/mol. The molecule has 19 heavy (non-hydrogen) atoms. The van der Waals surface area contributed by atoms with Crippen LogP contribution in [0.1, 0.15) is 18.1 Å². The average Bonchev–Trinajstić information content (AvgIpc) is 2.34. The molecular formula is C13H13ClN4O. The summed E-state index contributed by atoms with van der Waals surface area (Å²) in [6, 6.07) is 7.48. The zero-order valence-corrected chi connectivity index (χ0v) is 11.1. The molecule has 1 aromatic heterocycles. The number of nitrogen functional groups attached to an aromatic ring is 1. The minimum absolute atomic E-state index is 0.213. The van der Waals surface area contributed by atoms with Gasteiger partial charge in [0.25, 0.3) is 0 Å². The van der Waals surface area contributed by atoms with E-state index in [1.54, 1.807) is 6.20 Å². The molecule has 3 N–H and O–H groups in total. The van der Waals surface area contributed by atoms with Crippen LogP contribution in [0.5, 0.6) is 0 Å². The molecule has 5 nitrogen and oxygen atoms in total. The van der Waals surface area contributed by atoms with E-state index >= 15 is 0 Å². The number of halogens is 1. The number of aromatic nitrogens is 2. The molecule has 0 bridgehead atoms. The fourth-order valence-corrected chi connectivity index (χ4v) is 1.72. The predicted octanol–water partition coefficient (Wildman–Crippen LogP) is 2.26. The highest BCUT2D eigenvalue weighted by Gasteiger charge is 2.06. The molecule has 1 aromatic carbocycles. The van der Waals surface area contributed by atoms with Crippen molar-refractivity contribution >= 4 is 29.3 Å². The number of hydrogen-bond donors (Lipinski definition) is 2. The van der Waals surface area contributed by atoms with Crippen molar-refractivity contribution in [1.29, 1.82) is 0 Å². The molecule has 0 fully saturated rings. The Balaban J connectivity index is 2.17. The van der Waals surface area contributed by atoms with Crippen LogP contribution in [0.3, 0.4) is 0 Å². The Kier molecular flexibility index (Phi) is 3.97. The normalized spacial score (nSPS) is 10.2. The van der Waals surface area contributed by atoms with Crippen molar-refractivity contribution in [3.63, 3.8) is 0 Å². The van der Waals surface area contributed by atoms with E-state index in [2.05, 4.69) is 15.3 Å². The molecule has 98 valence electrons. The predicted molar refractivity (Wildman–Crippen MR) is 75.0 cm³/mol. The molecule has 6 heteroatoms. The van der Waals surface area contributed by atoms with Gasteiger partial charge in [-0.1, -0.05) is 23.7 Å². The number of benzene rings is 1. The number of anilines is 2. The maximum Gasteiger partial charge on any atom is 0.231 e. The monoisotopic (exact) mass is 276 g/mol. The first-order valence-electron chi connectivity index (χ1n) is 5.68. The number of nitrogens with zero attached hydrogens (tertiary/aromatic N) is 2. The lowest BCUT2D eigenvalue weighted by atomic mass is 10.1. The van der Waals surface area contributed by atoms with Crippen LogP contribution in [-0.2, 0) is 11.2 Å². The molecule has 1 heterocycles. The highest BCUT2D eigenvalue weighted by atomic mass is 35.5. The molecule has 2 aromatic rings. The highest BCUT2D eigenvalue weighted by molar-refractivity contribution is 6.30. The molecule has 0 saturated carbocycles. The Morgan fingerprint density at radius 2 is 2.05 bits per heavy atom. The molecule has 2 rings (SSSR count). The van der Waals surface area contributed by atoms with Gasteiger partial charge in [0.1, 0.15) is 5.82 Å². The van der Waals surface area contributed by atoms with E-state index in [9.17, 15) is 4.79 Å². The molecule has 0 aliphatic carbocycles. The third-order valence-corrected chi connectivity index (χ3v) is 2.75. The number of hydrogen-bond acceptors (Lipinski definition) is 4. The summed E-state index contributed by atoms with van der Waals surface area (Å²) in [6.07, 6.45) is 2.23. The maximum absolute atomic E-state index is 10.9. The molecule has 1 amide bonds. The van der Waals surface area contributed by atoms with E-state index in [1.807, 2.05) is 24.3 Å². The van der Waals surface area contributed by atoms with Crippen molar-refractivity contribution in [2.75, 3.05) is 11.1 Å². The number of nitrogens with two attached hydrogens (primary N) is 1. The van der Waals surface area contributed by atoms with E-state index in [1.165, 1.54) is 6.92 Å². The Bertz CT molecular complexity index is 598. The standard InChI is InChI=1S/C13H13ClN4O/c1-8(19)17-13-16-7-10(12(15)18-13)6-9-2-4-11(14)5-3-9/h2-5,7H,6H2,1H3,(H3,15,16,17,18,19). The van der Waals surface area contributed by atoms with Crippen LogP contribution in [0.2, 0.25) is 5.02 Å². The van der Waals surface area contributed by atoms with Crippen LogP contribution in [0.4, 0.5) is 11.8 Å². The fourth-order valence-electron chi connectivity index (χ4n) is 1.60. The molecule has 0 saturated heterocycles. The van der Waals surface area contributed by atoms with Crippen LogP contribution in [-0.4, -0.2) is 15.9 Å². The van der Waals surface area contributed by atoms with Gasteiger partial charge in [0.05, 0.1) is 0 Å². The largest absolute Gasteiger partial charge is 0.383 e. The minimum atomic E-state index is -0.232. The van der Waals surface area contributed by atoms with Gasteiger partial charge in [0.15, 0.2) is 0 Å². The summed E-state index contributed by atoms with van der Waals surface area (Å²) in [5.41, 5.74) is 7.71. The van der Waals surface area contributed by atoms with Gasteiger partial charge >= 0.3 is 0 Å². The van der Waals surface area contributed by atoms with Gasteiger partial charge in [-0.25, -0.2) is 4.98 Å². The van der Waals surface area contributed by atoms with E-state index in [-0.39, 0.29) is 11.9 Å². The number of carbonyl (C=O) groups excluding carboxylic acids is 1. The van der Waals surface area contributed by atoms with Gasteiger partial charge in [-0.2, -0.15) is 4.98 Å².